The predicted molar refractivity (Wildman–Crippen MR) is 57.0 cm³/mol. The molecule has 0 aliphatic rings. The van der Waals surface area contributed by atoms with Crippen molar-refractivity contribution in [2.45, 2.75) is 6.61 Å². The van der Waals surface area contributed by atoms with Crippen molar-refractivity contribution in [3.05, 3.63) is 23.8 Å². The molecule has 0 aliphatic carbocycles. The van der Waals surface area contributed by atoms with Gasteiger partial charge in [-0.25, -0.2) is 0 Å². The molecule has 2 aromatic rings. The van der Waals surface area contributed by atoms with Crippen LogP contribution in [0.3, 0.4) is 0 Å². The van der Waals surface area contributed by atoms with E-state index in [9.17, 15) is 8.42 Å². The molecule has 0 aliphatic heterocycles. The standard InChI is InChI=1S/C8H8N2O3S2/c1-15(11,12)13-5-6-2-3-7-8(4-6)14-10-9-7/h2-4H,5H2,1H3. The zero-order chi connectivity index (χ0) is 10.9. The second-order valence-corrected chi connectivity index (χ2v) is 5.47. The fourth-order valence-electron chi connectivity index (χ4n) is 1.09. The molecule has 7 heteroatoms. The zero-order valence-corrected chi connectivity index (χ0v) is 9.51. The normalized spacial score (nSPS) is 12.1. The average molecular weight is 244 g/mol. The Balaban J connectivity index is 2.21. The van der Waals surface area contributed by atoms with Crippen LogP contribution >= 0.6 is 11.5 Å². The monoisotopic (exact) mass is 244 g/mol. The van der Waals surface area contributed by atoms with Gasteiger partial charge in [-0.1, -0.05) is 10.6 Å². The molecule has 1 aromatic heterocycles. The molecule has 1 heterocycles. The number of fused-ring (bicyclic) bond motifs is 1. The van der Waals surface area contributed by atoms with E-state index in [0.29, 0.717) is 0 Å². The first-order chi connectivity index (χ1) is 7.04. The summed E-state index contributed by atoms with van der Waals surface area (Å²) in [5, 5.41) is 3.88. The van der Waals surface area contributed by atoms with Gasteiger partial charge in [0, 0.05) is 0 Å². The lowest BCUT2D eigenvalue weighted by atomic mass is 10.2. The number of hydrogen-bond donors (Lipinski definition) is 0. The molecule has 0 spiro atoms. The Labute approximate surface area is 91.0 Å². The Morgan fingerprint density at radius 2 is 2.27 bits per heavy atom. The van der Waals surface area contributed by atoms with Gasteiger partial charge in [0.15, 0.2) is 0 Å². The molecule has 0 fully saturated rings. The van der Waals surface area contributed by atoms with Gasteiger partial charge in [0.25, 0.3) is 10.1 Å². The van der Waals surface area contributed by atoms with E-state index < -0.39 is 10.1 Å². The van der Waals surface area contributed by atoms with E-state index in [-0.39, 0.29) is 6.61 Å². The van der Waals surface area contributed by atoms with Crippen LogP contribution in [-0.4, -0.2) is 24.3 Å². The third kappa shape index (κ3) is 2.71. The highest BCUT2D eigenvalue weighted by atomic mass is 32.2. The third-order valence-corrected chi connectivity index (χ3v) is 2.98. The Hall–Kier alpha value is -1.05. The molecule has 1 aromatic carbocycles. The summed E-state index contributed by atoms with van der Waals surface area (Å²) in [5.41, 5.74) is 1.60. The lowest BCUT2D eigenvalue weighted by molar-refractivity contribution is 0.312. The molecule has 80 valence electrons. The molecule has 0 saturated heterocycles. The highest BCUT2D eigenvalue weighted by Gasteiger charge is 2.04. The van der Waals surface area contributed by atoms with Crippen molar-refractivity contribution in [2.24, 2.45) is 0 Å². The molecule has 0 saturated carbocycles. The largest absolute Gasteiger partial charge is 0.265 e. The minimum absolute atomic E-state index is 0.0483. The lowest BCUT2D eigenvalue weighted by Crippen LogP contribution is -2.02. The highest BCUT2D eigenvalue weighted by molar-refractivity contribution is 7.85. The van der Waals surface area contributed by atoms with E-state index in [1.807, 2.05) is 6.07 Å². The van der Waals surface area contributed by atoms with E-state index in [0.717, 1.165) is 22.0 Å². The molecule has 0 amide bonds. The van der Waals surface area contributed by atoms with Gasteiger partial charge in [-0.3, -0.25) is 4.18 Å². The molecular weight excluding hydrogens is 236 g/mol. The van der Waals surface area contributed by atoms with Gasteiger partial charge in [0.05, 0.1) is 17.6 Å². The summed E-state index contributed by atoms with van der Waals surface area (Å²) in [6.07, 6.45) is 1.03. The third-order valence-electron chi connectivity index (χ3n) is 1.75. The van der Waals surface area contributed by atoms with Crippen LogP contribution in [0.15, 0.2) is 18.2 Å². The summed E-state index contributed by atoms with van der Waals surface area (Å²) in [6.45, 7) is 0.0483. The number of nitrogens with zero attached hydrogens (tertiary/aromatic N) is 2. The predicted octanol–water partition coefficient (Wildman–Crippen LogP) is 1.17. The first-order valence-corrected chi connectivity index (χ1v) is 6.69. The minimum atomic E-state index is -3.39. The van der Waals surface area contributed by atoms with Gasteiger partial charge >= 0.3 is 0 Å². The first kappa shape index (κ1) is 10.5. The second-order valence-electron chi connectivity index (χ2n) is 3.04. The number of aromatic nitrogens is 2. The van der Waals surface area contributed by atoms with Gasteiger partial charge in [-0.2, -0.15) is 8.42 Å². The zero-order valence-electron chi connectivity index (χ0n) is 7.87. The van der Waals surface area contributed by atoms with Crippen LogP contribution in [0.25, 0.3) is 10.2 Å². The van der Waals surface area contributed by atoms with Gasteiger partial charge in [0.1, 0.15) is 5.52 Å². The Morgan fingerprint density at radius 1 is 1.47 bits per heavy atom. The summed E-state index contributed by atoms with van der Waals surface area (Å²) >= 11 is 1.27. The summed E-state index contributed by atoms with van der Waals surface area (Å²) in [7, 11) is -3.39. The van der Waals surface area contributed by atoms with E-state index in [1.54, 1.807) is 12.1 Å². The van der Waals surface area contributed by atoms with Gasteiger partial charge < -0.3 is 0 Å². The lowest BCUT2D eigenvalue weighted by Gasteiger charge is -2.00. The maximum atomic E-state index is 10.8. The van der Waals surface area contributed by atoms with Crippen molar-refractivity contribution in [3.8, 4) is 0 Å². The molecule has 15 heavy (non-hydrogen) atoms. The number of rotatable bonds is 3. The Bertz CT molecular complexity index is 576. The fraction of sp³-hybridized carbons (Fsp3) is 0.250. The maximum absolute atomic E-state index is 10.8. The topological polar surface area (TPSA) is 69.2 Å². The van der Waals surface area contributed by atoms with E-state index in [2.05, 4.69) is 13.8 Å². The van der Waals surface area contributed by atoms with Crippen LogP contribution in [0, 0.1) is 0 Å². The van der Waals surface area contributed by atoms with Crippen molar-refractivity contribution in [2.75, 3.05) is 6.26 Å². The maximum Gasteiger partial charge on any atom is 0.264 e. The van der Waals surface area contributed by atoms with Crippen molar-refractivity contribution in [1.29, 1.82) is 0 Å². The number of benzene rings is 1. The Morgan fingerprint density at radius 3 is 3.00 bits per heavy atom. The molecule has 0 unspecified atom stereocenters. The average Bonchev–Trinajstić information content (AvgIpc) is 2.60. The van der Waals surface area contributed by atoms with Gasteiger partial charge in [0.2, 0.25) is 0 Å². The van der Waals surface area contributed by atoms with Crippen LogP contribution in [0.5, 0.6) is 0 Å². The summed E-state index contributed by atoms with van der Waals surface area (Å²) in [5.74, 6) is 0. The molecular formula is C8H8N2O3S2. The first-order valence-electron chi connectivity index (χ1n) is 4.10. The van der Waals surface area contributed by atoms with E-state index in [1.165, 1.54) is 11.5 Å². The quantitative estimate of drug-likeness (QED) is 0.758. The fourth-order valence-corrected chi connectivity index (χ4v) is 2.06. The summed E-state index contributed by atoms with van der Waals surface area (Å²) in [4.78, 5) is 0. The van der Waals surface area contributed by atoms with Crippen molar-refractivity contribution >= 4 is 31.9 Å². The second kappa shape index (κ2) is 3.84. The number of hydrogen-bond acceptors (Lipinski definition) is 6. The van der Waals surface area contributed by atoms with Crippen LogP contribution in [0.4, 0.5) is 0 Å². The van der Waals surface area contributed by atoms with E-state index in [4.69, 9.17) is 0 Å². The van der Waals surface area contributed by atoms with Gasteiger partial charge in [-0.15, -0.1) is 5.10 Å². The SMILES string of the molecule is CS(=O)(=O)OCc1ccc2nnsc2c1. The smallest absolute Gasteiger partial charge is 0.264 e. The van der Waals surface area contributed by atoms with E-state index >= 15 is 0 Å². The van der Waals surface area contributed by atoms with Crippen LogP contribution in [0.1, 0.15) is 5.56 Å². The highest BCUT2D eigenvalue weighted by Crippen LogP contribution is 2.17. The molecule has 0 radical (unpaired) electrons. The van der Waals surface area contributed by atoms with Crippen molar-refractivity contribution in [1.82, 2.24) is 9.59 Å². The summed E-state index contributed by atoms with van der Waals surface area (Å²) in [6, 6.07) is 5.39. The Kier molecular flexibility index (Phi) is 2.68. The molecule has 5 nitrogen and oxygen atoms in total. The van der Waals surface area contributed by atoms with Crippen LogP contribution in [-0.2, 0) is 20.9 Å². The van der Waals surface area contributed by atoms with Crippen molar-refractivity contribution in [3.63, 3.8) is 0 Å². The molecule has 0 N–H and O–H groups in total. The van der Waals surface area contributed by atoms with Crippen LogP contribution < -0.4 is 0 Å². The van der Waals surface area contributed by atoms with Gasteiger partial charge in [-0.05, 0) is 29.2 Å². The summed E-state index contributed by atoms with van der Waals surface area (Å²) < 4.78 is 30.9. The molecule has 0 atom stereocenters. The minimum Gasteiger partial charge on any atom is -0.265 e. The molecule has 2 rings (SSSR count). The van der Waals surface area contributed by atoms with Crippen LogP contribution in [0.2, 0.25) is 0 Å². The van der Waals surface area contributed by atoms with Crippen molar-refractivity contribution < 1.29 is 12.6 Å². The molecule has 0 bridgehead atoms.